The van der Waals surface area contributed by atoms with Crippen molar-refractivity contribution in [2.24, 2.45) is 0 Å². The van der Waals surface area contributed by atoms with Crippen LogP contribution in [0.2, 0.25) is 0 Å². The molecule has 1 fully saturated rings. The number of benzene rings is 1. The van der Waals surface area contributed by atoms with Crippen LogP contribution < -0.4 is 5.32 Å². The van der Waals surface area contributed by atoms with Crippen molar-refractivity contribution in [3.63, 3.8) is 0 Å². The second-order valence-electron chi connectivity index (χ2n) is 6.17. The molecule has 1 aliphatic carbocycles. The van der Waals surface area contributed by atoms with Gasteiger partial charge in [0.15, 0.2) is 11.6 Å². The van der Waals surface area contributed by atoms with E-state index in [0.717, 1.165) is 16.9 Å². The fourth-order valence-corrected chi connectivity index (χ4v) is 2.64. The second-order valence-corrected chi connectivity index (χ2v) is 6.17. The molecule has 1 unspecified atom stereocenters. The maximum atomic E-state index is 9.73. The summed E-state index contributed by atoms with van der Waals surface area (Å²) in [5.74, 6) is 2.70. The van der Waals surface area contributed by atoms with Gasteiger partial charge in [0.25, 0.3) is 0 Å². The summed E-state index contributed by atoms with van der Waals surface area (Å²) in [4.78, 5) is 8.88. The quantitative estimate of drug-likeness (QED) is 0.669. The van der Waals surface area contributed by atoms with Crippen LogP contribution in [0.4, 0.5) is 11.6 Å². The molecule has 3 N–H and O–H groups in total. The third kappa shape index (κ3) is 3.14. The molecule has 1 aliphatic rings. The number of nitrogens with zero attached hydrogens (tertiary/aromatic N) is 3. The lowest BCUT2D eigenvalue weighted by molar-refractivity contribution is 0.199. The summed E-state index contributed by atoms with van der Waals surface area (Å²) >= 11 is 0. The first-order valence-corrected chi connectivity index (χ1v) is 8.13. The van der Waals surface area contributed by atoms with Gasteiger partial charge < -0.3 is 10.4 Å². The van der Waals surface area contributed by atoms with Crippen LogP contribution in [0.25, 0.3) is 11.4 Å². The van der Waals surface area contributed by atoms with E-state index in [2.05, 4.69) is 25.5 Å². The standard InChI is InChI=1S/C18H19N5O/c1-11(24)13-3-2-4-14(9-13)18-19-8-7-16(21-18)20-17-10-15(22-23-17)12-5-6-12/h2-4,7-12,24H,5-6H2,1H3,(H2,19,20,21,22,23). The molecule has 2 heterocycles. The van der Waals surface area contributed by atoms with E-state index in [1.54, 1.807) is 13.1 Å². The Morgan fingerprint density at radius 1 is 1.21 bits per heavy atom. The number of hydrogen-bond acceptors (Lipinski definition) is 5. The molecule has 6 heteroatoms. The minimum Gasteiger partial charge on any atom is -0.389 e. The predicted octanol–water partition coefficient (Wildman–Crippen LogP) is 3.54. The summed E-state index contributed by atoms with van der Waals surface area (Å²) in [6.07, 6.45) is 3.67. The number of aliphatic hydroxyl groups excluding tert-OH is 1. The molecule has 1 aromatic carbocycles. The SMILES string of the molecule is CC(O)c1cccc(-c2nccc(Nc3cc(C4CC4)[nH]n3)n2)c1. The lowest BCUT2D eigenvalue weighted by atomic mass is 10.1. The molecule has 3 aromatic rings. The molecule has 0 bridgehead atoms. The van der Waals surface area contributed by atoms with E-state index in [0.29, 0.717) is 17.6 Å². The summed E-state index contributed by atoms with van der Waals surface area (Å²) in [6, 6.07) is 11.5. The average molecular weight is 321 g/mol. The minimum atomic E-state index is -0.517. The molecule has 0 radical (unpaired) electrons. The monoisotopic (exact) mass is 321 g/mol. The molecule has 0 spiro atoms. The smallest absolute Gasteiger partial charge is 0.161 e. The van der Waals surface area contributed by atoms with Crippen LogP contribution in [0.1, 0.15) is 43.0 Å². The highest BCUT2D eigenvalue weighted by Crippen LogP contribution is 2.39. The molecule has 4 rings (SSSR count). The first-order valence-electron chi connectivity index (χ1n) is 8.13. The molecule has 1 atom stereocenters. The van der Waals surface area contributed by atoms with E-state index in [9.17, 15) is 5.11 Å². The summed E-state index contributed by atoms with van der Waals surface area (Å²) in [7, 11) is 0. The molecule has 0 saturated heterocycles. The van der Waals surface area contributed by atoms with E-state index < -0.39 is 6.10 Å². The Balaban J connectivity index is 1.57. The first kappa shape index (κ1) is 14.8. The molecular formula is C18H19N5O. The van der Waals surface area contributed by atoms with Gasteiger partial charge in [0, 0.05) is 29.4 Å². The molecule has 122 valence electrons. The van der Waals surface area contributed by atoms with Crippen molar-refractivity contribution in [3.8, 4) is 11.4 Å². The zero-order valence-corrected chi connectivity index (χ0v) is 13.4. The van der Waals surface area contributed by atoms with Gasteiger partial charge in [-0.2, -0.15) is 5.10 Å². The Morgan fingerprint density at radius 2 is 2.08 bits per heavy atom. The van der Waals surface area contributed by atoms with E-state index in [1.165, 1.54) is 18.5 Å². The third-order valence-electron chi connectivity index (χ3n) is 4.15. The van der Waals surface area contributed by atoms with Crippen LogP contribution in [0.3, 0.4) is 0 Å². The molecule has 2 aromatic heterocycles. The fourth-order valence-electron chi connectivity index (χ4n) is 2.64. The van der Waals surface area contributed by atoms with E-state index in [4.69, 9.17) is 0 Å². The Morgan fingerprint density at radius 3 is 2.88 bits per heavy atom. The number of anilines is 2. The van der Waals surface area contributed by atoms with Crippen LogP contribution in [0.5, 0.6) is 0 Å². The maximum absolute atomic E-state index is 9.73. The Kier molecular flexibility index (Phi) is 3.74. The third-order valence-corrected chi connectivity index (χ3v) is 4.15. The maximum Gasteiger partial charge on any atom is 0.161 e. The van der Waals surface area contributed by atoms with Gasteiger partial charge in [0.1, 0.15) is 5.82 Å². The van der Waals surface area contributed by atoms with Gasteiger partial charge in [-0.05, 0) is 37.5 Å². The summed E-state index contributed by atoms with van der Waals surface area (Å²) in [5.41, 5.74) is 2.89. The van der Waals surface area contributed by atoms with Crippen molar-refractivity contribution in [3.05, 3.63) is 53.9 Å². The molecular weight excluding hydrogens is 302 g/mol. The topological polar surface area (TPSA) is 86.7 Å². The van der Waals surface area contributed by atoms with Crippen molar-refractivity contribution < 1.29 is 5.11 Å². The Bertz CT molecular complexity index is 854. The van der Waals surface area contributed by atoms with Crippen LogP contribution in [0, 0.1) is 0 Å². The average Bonchev–Trinajstić information content (AvgIpc) is 3.35. The van der Waals surface area contributed by atoms with Crippen molar-refractivity contribution in [2.45, 2.75) is 31.8 Å². The normalized spacial score (nSPS) is 15.2. The highest BCUT2D eigenvalue weighted by Gasteiger charge is 2.25. The summed E-state index contributed by atoms with van der Waals surface area (Å²) in [5, 5.41) is 20.3. The molecule has 6 nitrogen and oxygen atoms in total. The molecule has 24 heavy (non-hydrogen) atoms. The number of aliphatic hydroxyl groups is 1. The van der Waals surface area contributed by atoms with Crippen LogP contribution in [-0.2, 0) is 0 Å². The van der Waals surface area contributed by atoms with E-state index in [-0.39, 0.29) is 0 Å². The predicted molar refractivity (Wildman–Crippen MR) is 91.9 cm³/mol. The zero-order chi connectivity index (χ0) is 16.5. The van der Waals surface area contributed by atoms with Crippen LogP contribution in [-0.4, -0.2) is 25.3 Å². The van der Waals surface area contributed by atoms with Gasteiger partial charge in [-0.1, -0.05) is 18.2 Å². The van der Waals surface area contributed by atoms with Crippen molar-refractivity contribution >= 4 is 11.6 Å². The fraction of sp³-hybridized carbons (Fsp3) is 0.278. The van der Waals surface area contributed by atoms with Gasteiger partial charge in [-0.3, -0.25) is 5.10 Å². The first-order chi connectivity index (χ1) is 11.7. The van der Waals surface area contributed by atoms with Crippen molar-refractivity contribution in [2.75, 3.05) is 5.32 Å². The number of H-pyrrole nitrogens is 1. The summed E-state index contributed by atoms with van der Waals surface area (Å²) in [6.45, 7) is 1.74. The van der Waals surface area contributed by atoms with Gasteiger partial charge in [-0.25, -0.2) is 9.97 Å². The largest absolute Gasteiger partial charge is 0.389 e. The number of hydrogen-bond donors (Lipinski definition) is 3. The highest BCUT2D eigenvalue weighted by atomic mass is 16.3. The molecule has 1 saturated carbocycles. The van der Waals surface area contributed by atoms with Crippen molar-refractivity contribution in [1.82, 2.24) is 20.2 Å². The lowest BCUT2D eigenvalue weighted by Crippen LogP contribution is -1.98. The molecule has 0 amide bonds. The van der Waals surface area contributed by atoms with Crippen LogP contribution >= 0.6 is 0 Å². The van der Waals surface area contributed by atoms with E-state index >= 15 is 0 Å². The number of aromatic amines is 1. The van der Waals surface area contributed by atoms with E-state index in [1.807, 2.05) is 36.4 Å². The molecule has 0 aliphatic heterocycles. The number of rotatable bonds is 5. The highest BCUT2D eigenvalue weighted by molar-refractivity contribution is 5.60. The number of aromatic nitrogens is 4. The number of nitrogens with one attached hydrogen (secondary N) is 2. The zero-order valence-electron chi connectivity index (χ0n) is 13.4. The Labute approximate surface area is 140 Å². The Hall–Kier alpha value is -2.73. The van der Waals surface area contributed by atoms with Gasteiger partial charge >= 0.3 is 0 Å². The van der Waals surface area contributed by atoms with Crippen molar-refractivity contribution in [1.29, 1.82) is 0 Å². The van der Waals surface area contributed by atoms with Gasteiger partial charge in [-0.15, -0.1) is 0 Å². The minimum absolute atomic E-state index is 0.517. The second kappa shape index (κ2) is 6.05. The van der Waals surface area contributed by atoms with Gasteiger partial charge in [0.05, 0.1) is 6.10 Å². The van der Waals surface area contributed by atoms with Crippen LogP contribution in [0.15, 0.2) is 42.6 Å². The lowest BCUT2D eigenvalue weighted by Gasteiger charge is -2.08. The van der Waals surface area contributed by atoms with Gasteiger partial charge in [0.2, 0.25) is 0 Å². The summed E-state index contributed by atoms with van der Waals surface area (Å²) < 4.78 is 0.